The maximum atomic E-state index is 4.67. The van der Waals surface area contributed by atoms with Crippen molar-refractivity contribution in [3.05, 3.63) is 35.9 Å². The second-order valence-corrected chi connectivity index (χ2v) is 4.90. The van der Waals surface area contributed by atoms with Crippen molar-refractivity contribution in [2.45, 2.75) is 26.2 Å². The summed E-state index contributed by atoms with van der Waals surface area (Å²) < 4.78 is 0. The van der Waals surface area contributed by atoms with Gasteiger partial charge in [0.25, 0.3) is 0 Å². The van der Waals surface area contributed by atoms with Gasteiger partial charge in [0, 0.05) is 11.9 Å². The molecule has 2 nitrogen and oxygen atoms in total. The zero-order chi connectivity index (χ0) is 11.7. The van der Waals surface area contributed by atoms with Gasteiger partial charge in [-0.1, -0.05) is 19.1 Å². The van der Waals surface area contributed by atoms with Crippen molar-refractivity contribution in [3.8, 4) is 0 Å². The van der Waals surface area contributed by atoms with Gasteiger partial charge in [0.2, 0.25) is 0 Å². The second-order valence-electron chi connectivity index (χ2n) is 4.90. The Morgan fingerprint density at radius 3 is 2.82 bits per heavy atom. The predicted octanol–water partition coefficient (Wildman–Crippen LogP) is 3.62. The van der Waals surface area contributed by atoms with E-state index < -0.39 is 0 Å². The van der Waals surface area contributed by atoms with E-state index >= 15 is 0 Å². The molecule has 1 heterocycles. The molecule has 0 unspecified atom stereocenters. The molecule has 2 aromatic rings. The van der Waals surface area contributed by atoms with Crippen LogP contribution in [0.5, 0.6) is 0 Å². The molecular formula is C15H18N2. The molecule has 0 radical (unpaired) electrons. The fourth-order valence-corrected chi connectivity index (χ4v) is 2.05. The second kappa shape index (κ2) is 4.36. The number of nitrogens with zero attached hydrogens (tertiary/aromatic N) is 1. The zero-order valence-corrected chi connectivity index (χ0v) is 10.2. The van der Waals surface area contributed by atoms with E-state index in [1.54, 1.807) is 0 Å². The van der Waals surface area contributed by atoms with Crippen LogP contribution in [0, 0.1) is 5.92 Å². The molecule has 0 aliphatic heterocycles. The molecule has 0 atom stereocenters. The first kappa shape index (κ1) is 10.6. The van der Waals surface area contributed by atoms with Crippen molar-refractivity contribution < 1.29 is 0 Å². The summed E-state index contributed by atoms with van der Waals surface area (Å²) in [5, 5.41) is 4.65. The Bertz CT molecular complexity index is 529. The number of anilines is 1. The lowest BCUT2D eigenvalue weighted by molar-refractivity contribution is 0.884. The molecule has 3 rings (SSSR count). The van der Waals surface area contributed by atoms with Crippen LogP contribution < -0.4 is 5.32 Å². The Morgan fingerprint density at radius 1 is 1.24 bits per heavy atom. The minimum Gasteiger partial charge on any atom is -0.370 e. The first-order valence-electron chi connectivity index (χ1n) is 6.48. The van der Waals surface area contributed by atoms with Crippen molar-refractivity contribution in [2.24, 2.45) is 5.92 Å². The van der Waals surface area contributed by atoms with Crippen LogP contribution in [-0.4, -0.2) is 11.5 Å². The third-order valence-corrected chi connectivity index (χ3v) is 3.43. The molecular weight excluding hydrogens is 208 g/mol. The van der Waals surface area contributed by atoms with Gasteiger partial charge in [-0.05, 0) is 48.9 Å². The number of nitrogens with one attached hydrogen (secondary N) is 1. The van der Waals surface area contributed by atoms with E-state index in [0.29, 0.717) is 0 Å². The van der Waals surface area contributed by atoms with Gasteiger partial charge in [0.05, 0.1) is 5.52 Å². The van der Waals surface area contributed by atoms with Crippen LogP contribution in [0.1, 0.15) is 25.3 Å². The molecule has 0 amide bonds. The number of pyridine rings is 1. The number of rotatable bonds is 4. The molecule has 88 valence electrons. The Hall–Kier alpha value is -1.57. The average Bonchev–Trinajstić information content (AvgIpc) is 3.19. The van der Waals surface area contributed by atoms with Crippen molar-refractivity contribution in [1.29, 1.82) is 0 Å². The Labute approximate surface area is 102 Å². The smallest absolute Gasteiger partial charge is 0.126 e. The lowest BCUT2D eigenvalue weighted by Gasteiger charge is -2.06. The summed E-state index contributed by atoms with van der Waals surface area (Å²) in [6, 6.07) is 10.8. The molecule has 1 fully saturated rings. The highest BCUT2D eigenvalue weighted by atomic mass is 15.0. The monoisotopic (exact) mass is 226 g/mol. The van der Waals surface area contributed by atoms with E-state index in [1.807, 2.05) is 0 Å². The quantitative estimate of drug-likeness (QED) is 0.861. The highest BCUT2D eigenvalue weighted by molar-refractivity contribution is 5.80. The number of fused-ring (bicyclic) bond motifs is 1. The number of aromatic nitrogens is 1. The van der Waals surface area contributed by atoms with Crippen LogP contribution in [0.4, 0.5) is 5.82 Å². The molecule has 2 heteroatoms. The molecule has 17 heavy (non-hydrogen) atoms. The van der Waals surface area contributed by atoms with E-state index in [0.717, 1.165) is 30.2 Å². The summed E-state index contributed by atoms with van der Waals surface area (Å²) in [5.41, 5.74) is 2.45. The van der Waals surface area contributed by atoms with Gasteiger partial charge < -0.3 is 5.32 Å². The van der Waals surface area contributed by atoms with Gasteiger partial charge in [0.15, 0.2) is 0 Å². The molecule has 1 saturated carbocycles. The molecule has 1 aromatic heterocycles. The van der Waals surface area contributed by atoms with Crippen molar-refractivity contribution >= 4 is 16.7 Å². The van der Waals surface area contributed by atoms with Crippen LogP contribution in [0.25, 0.3) is 10.9 Å². The summed E-state index contributed by atoms with van der Waals surface area (Å²) in [6.45, 7) is 3.25. The van der Waals surface area contributed by atoms with Gasteiger partial charge in [0.1, 0.15) is 5.82 Å². The molecule has 1 aliphatic carbocycles. The first-order chi connectivity index (χ1) is 8.35. The Kier molecular flexibility index (Phi) is 2.71. The highest BCUT2D eigenvalue weighted by Gasteiger charge is 2.20. The maximum Gasteiger partial charge on any atom is 0.126 e. The van der Waals surface area contributed by atoms with Gasteiger partial charge in [-0.15, -0.1) is 0 Å². The minimum atomic E-state index is 0.884. The molecule has 1 aromatic carbocycles. The van der Waals surface area contributed by atoms with E-state index in [-0.39, 0.29) is 0 Å². The van der Waals surface area contributed by atoms with Crippen molar-refractivity contribution in [3.63, 3.8) is 0 Å². The average molecular weight is 226 g/mol. The normalized spacial score (nSPS) is 15.1. The summed E-state index contributed by atoms with van der Waals surface area (Å²) in [7, 11) is 0. The first-order valence-corrected chi connectivity index (χ1v) is 6.48. The molecule has 0 spiro atoms. The van der Waals surface area contributed by atoms with Crippen molar-refractivity contribution in [2.75, 3.05) is 11.9 Å². The highest BCUT2D eigenvalue weighted by Crippen LogP contribution is 2.28. The van der Waals surface area contributed by atoms with Crippen molar-refractivity contribution in [1.82, 2.24) is 4.98 Å². The molecule has 0 bridgehead atoms. The van der Waals surface area contributed by atoms with E-state index in [1.165, 1.54) is 23.8 Å². The number of benzene rings is 1. The standard InChI is InChI=1S/C15H18N2/c1-2-11-5-6-13-7-8-15(17-14(13)9-11)16-10-12-3-4-12/h5-9,12H,2-4,10H2,1H3,(H,16,17). The third-order valence-electron chi connectivity index (χ3n) is 3.43. The minimum absolute atomic E-state index is 0.884. The fraction of sp³-hybridized carbons (Fsp3) is 0.400. The van der Waals surface area contributed by atoms with E-state index in [4.69, 9.17) is 0 Å². The Morgan fingerprint density at radius 2 is 2.06 bits per heavy atom. The lowest BCUT2D eigenvalue weighted by Crippen LogP contribution is -2.04. The van der Waals surface area contributed by atoms with Crippen LogP contribution in [0.3, 0.4) is 0 Å². The maximum absolute atomic E-state index is 4.67. The summed E-state index contributed by atoms with van der Waals surface area (Å²) in [6.07, 6.45) is 3.82. The molecule has 1 aliphatic rings. The number of hydrogen-bond donors (Lipinski definition) is 1. The number of hydrogen-bond acceptors (Lipinski definition) is 2. The van der Waals surface area contributed by atoms with Gasteiger partial charge >= 0.3 is 0 Å². The fourth-order valence-electron chi connectivity index (χ4n) is 2.05. The third kappa shape index (κ3) is 2.41. The summed E-state index contributed by atoms with van der Waals surface area (Å²) in [5.74, 6) is 1.90. The Balaban J connectivity index is 1.86. The topological polar surface area (TPSA) is 24.9 Å². The van der Waals surface area contributed by atoms with Crippen LogP contribution in [-0.2, 0) is 6.42 Å². The summed E-state index contributed by atoms with van der Waals surface area (Å²) >= 11 is 0. The summed E-state index contributed by atoms with van der Waals surface area (Å²) in [4.78, 5) is 4.67. The van der Waals surface area contributed by atoms with E-state index in [9.17, 15) is 0 Å². The van der Waals surface area contributed by atoms with Crippen LogP contribution in [0.15, 0.2) is 30.3 Å². The lowest BCUT2D eigenvalue weighted by atomic mass is 10.1. The largest absolute Gasteiger partial charge is 0.370 e. The number of aryl methyl sites for hydroxylation is 1. The SMILES string of the molecule is CCc1ccc2ccc(NCC3CC3)nc2c1. The van der Waals surface area contributed by atoms with Crippen LogP contribution in [0.2, 0.25) is 0 Å². The zero-order valence-electron chi connectivity index (χ0n) is 10.2. The molecule has 0 saturated heterocycles. The predicted molar refractivity (Wildman–Crippen MR) is 72.3 cm³/mol. The van der Waals surface area contributed by atoms with E-state index in [2.05, 4.69) is 47.6 Å². The van der Waals surface area contributed by atoms with Crippen LogP contribution >= 0.6 is 0 Å². The van der Waals surface area contributed by atoms with Gasteiger partial charge in [-0.3, -0.25) is 0 Å². The van der Waals surface area contributed by atoms with Gasteiger partial charge in [-0.2, -0.15) is 0 Å². The molecule has 1 N–H and O–H groups in total. The van der Waals surface area contributed by atoms with Gasteiger partial charge in [-0.25, -0.2) is 4.98 Å².